The highest BCUT2D eigenvalue weighted by Crippen LogP contribution is 2.26. The quantitative estimate of drug-likeness (QED) is 0.184. The molecule has 0 unspecified atom stereocenters. The maximum atomic E-state index is 13.1. The second-order valence-corrected chi connectivity index (χ2v) is 11.8. The minimum absolute atomic E-state index is 0.0276. The van der Waals surface area contributed by atoms with Gasteiger partial charge in [0.1, 0.15) is 0 Å². The molecule has 6 aromatic rings. The largest absolute Gasteiger partial charge is 0.352 e. The Morgan fingerprint density at radius 3 is 1.61 bits per heavy atom. The maximum absolute atomic E-state index is 13.1. The molecule has 3 heterocycles. The summed E-state index contributed by atoms with van der Waals surface area (Å²) in [4.78, 5) is 41.3. The van der Waals surface area contributed by atoms with Gasteiger partial charge in [-0.2, -0.15) is 0 Å². The van der Waals surface area contributed by atoms with Gasteiger partial charge in [-0.3, -0.25) is 14.4 Å². The third-order valence-corrected chi connectivity index (χ3v) is 8.66. The number of pyridine rings is 2. The molecular formula is C42H36N4O3. The van der Waals surface area contributed by atoms with Crippen LogP contribution in [0.3, 0.4) is 0 Å². The number of hydrogen-bond acceptors (Lipinski definition) is 3. The van der Waals surface area contributed by atoms with E-state index in [1.165, 1.54) is 0 Å². The van der Waals surface area contributed by atoms with Crippen LogP contribution < -0.4 is 16.4 Å². The summed E-state index contributed by atoms with van der Waals surface area (Å²) in [6.07, 6.45) is 0.926. The first kappa shape index (κ1) is 32.7. The minimum Gasteiger partial charge on any atom is -0.352 e. The molecule has 7 heteroatoms. The zero-order valence-corrected chi connectivity index (χ0v) is 27.3. The number of nitrogens with one attached hydrogen (secondary N) is 1. The second kappa shape index (κ2) is 15.1. The number of carbonyl (C=O) groups is 1. The summed E-state index contributed by atoms with van der Waals surface area (Å²) in [6.45, 7) is 10.6. The number of rotatable bonds is 7. The van der Waals surface area contributed by atoms with Gasteiger partial charge in [0.2, 0.25) is 5.91 Å². The van der Waals surface area contributed by atoms with Crippen LogP contribution in [0.2, 0.25) is 0 Å². The third kappa shape index (κ3) is 7.34. The number of carbonyl (C=O) groups excluding carboxylic acids is 1. The minimum atomic E-state index is -0.216. The van der Waals surface area contributed by atoms with E-state index in [1.807, 2.05) is 140 Å². The van der Waals surface area contributed by atoms with E-state index < -0.39 is 0 Å². The SMILES string of the molecule is O=C1Cc2cc(-c3ccccc3)n(Cc3ccccc3)c(=O)c2CN1.[C-]#[N+]c1c(CC)cc(-c2ccccc2)n(Cc2ccccc2)c1=O. The monoisotopic (exact) mass is 644 g/mol. The molecule has 0 atom stereocenters. The van der Waals surface area contributed by atoms with Crippen molar-refractivity contribution >= 4 is 11.6 Å². The van der Waals surface area contributed by atoms with Crippen molar-refractivity contribution in [2.24, 2.45) is 0 Å². The zero-order chi connectivity index (χ0) is 34.2. The second-order valence-electron chi connectivity index (χ2n) is 11.8. The summed E-state index contributed by atoms with van der Waals surface area (Å²) in [5.74, 6) is -0.0354. The summed E-state index contributed by atoms with van der Waals surface area (Å²) in [6, 6.07) is 43.5. The van der Waals surface area contributed by atoms with E-state index in [2.05, 4.69) is 10.2 Å². The van der Waals surface area contributed by atoms with Crippen LogP contribution in [0.5, 0.6) is 0 Å². The van der Waals surface area contributed by atoms with Crippen LogP contribution >= 0.6 is 0 Å². The topological polar surface area (TPSA) is 77.5 Å². The van der Waals surface area contributed by atoms with Gasteiger partial charge in [0.25, 0.3) is 16.8 Å². The molecule has 1 aliphatic heterocycles. The lowest BCUT2D eigenvalue weighted by Crippen LogP contribution is -2.37. The average Bonchev–Trinajstić information content (AvgIpc) is 3.15. The van der Waals surface area contributed by atoms with Crippen molar-refractivity contribution in [3.63, 3.8) is 0 Å². The van der Waals surface area contributed by atoms with Crippen molar-refractivity contribution in [1.29, 1.82) is 0 Å². The first-order valence-electron chi connectivity index (χ1n) is 16.3. The summed E-state index contributed by atoms with van der Waals surface area (Å²) in [5.41, 5.74) is 8.09. The Balaban J connectivity index is 0.000000170. The van der Waals surface area contributed by atoms with Crippen LogP contribution in [0.25, 0.3) is 27.4 Å². The number of hydrogen-bond donors (Lipinski definition) is 1. The predicted octanol–water partition coefficient (Wildman–Crippen LogP) is 7.41. The summed E-state index contributed by atoms with van der Waals surface area (Å²) in [5, 5.41) is 2.78. The van der Waals surface area contributed by atoms with Gasteiger partial charge in [-0.15, -0.1) is 0 Å². The fourth-order valence-electron chi connectivity index (χ4n) is 6.13. The van der Waals surface area contributed by atoms with Gasteiger partial charge in [0, 0.05) is 24.3 Å². The molecule has 0 bridgehead atoms. The number of nitrogens with zero attached hydrogens (tertiary/aromatic N) is 3. The van der Waals surface area contributed by atoms with E-state index in [1.54, 1.807) is 9.13 Å². The fourth-order valence-corrected chi connectivity index (χ4v) is 6.13. The first-order valence-corrected chi connectivity index (χ1v) is 16.3. The third-order valence-electron chi connectivity index (χ3n) is 8.66. The number of amides is 1. The Morgan fingerprint density at radius 1 is 0.653 bits per heavy atom. The van der Waals surface area contributed by atoms with E-state index in [0.717, 1.165) is 44.8 Å². The molecule has 1 aliphatic rings. The number of aromatic nitrogens is 2. The molecule has 0 aliphatic carbocycles. The van der Waals surface area contributed by atoms with Gasteiger partial charge in [0.15, 0.2) is 0 Å². The highest BCUT2D eigenvalue weighted by Gasteiger charge is 2.22. The Bertz CT molecular complexity index is 2240. The average molecular weight is 645 g/mol. The van der Waals surface area contributed by atoms with Crippen LogP contribution in [0, 0.1) is 6.57 Å². The lowest BCUT2D eigenvalue weighted by atomic mass is 9.98. The van der Waals surface area contributed by atoms with Gasteiger partial charge in [-0.05, 0) is 51.9 Å². The molecule has 0 fully saturated rings. The lowest BCUT2D eigenvalue weighted by molar-refractivity contribution is -0.121. The molecule has 1 amide bonds. The Kier molecular flexibility index (Phi) is 10.1. The summed E-state index contributed by atoms with van der Waals surface area (Å²) in [7, 11) is 0. The van der Waals surface area contributed by atoms with Gasteiger partial charge < -0.3 is 14.5 Å². The van der Waals surface area contributed by atoms with E-state index in [0.29, 0.717) is 31.6 Å². The molecule has 49 heavy (non-hydrogen) atoms. The van der Waals surface area contributed by atoms with Gasteiger partial charge in [0.05, 0.1) is 25.2 Å². The van der Waals surface area contributed by atoms with Crippen molar-refractivity contribution in [2.45, 2.75) is 39.4 Å². The van der Waals surface area contributed by atoms with Gasteiger partial charge in [-0.1, -0.05) is 128 Å². The van der Waals surface area contributed by atoms with Crippen molar-refractivity contribution in [3.05, 3.63) is 193 Å². The molecular weight excluding hydrogens is 608 g/mol. The molecule has 0 saturated carbocycles. The van der Waals surface area contributed by atoms with Crippen molar-refractivity contribution in [1.82, 2.24) is 14.5 Å². The predicted molar refractivity (Wildman–Crippen MR) is 195 cm³/mol. The maximum Gasteiger partial charge on any atom is 0.257 e. The number of aryl methyl sites for hydroxylation is 1. The molecule has 7 nitrogen and oxygen atoms in total. The summed E-state index contributed by atoms with van der Waals surface area (Å²) < 4.78 is 3.51. The van der Waals surface area contributed by atoms with Crippen LogP contribution in [-0.4, -0.2) is 15.0 Å². The smallest absolute Gasteiger partial charge is 0.257 e. The molecule has 1 N–H and O–H groups in total. The number of benzene rings is 4. The van der Waals surface area contributed by atoms with Gasteiger partial charge >= 0.3 is 0 Å². The molecule has 0 radical (unpaired) electrons. The van der Waals surface area contributed by atoms with Crippen LogP contribution in [0.15, 0.2) is 143 Å². The molecule has 0 saturated heterocycles. The zero-order valence-electron chi connectivity index (χ0n) is 27.3. The fraction of sp³-hybridized carbons (Fsp3) is 0.143. The number of fused-ring (bicyclic) bond motifs is 1. The summed E-state index contributed by atoms with van der Waals surface area (Å²) >= 11 is 0. The first-order chi connectivity index (χ1) is 24.0. The van der Waals surface area contributed by atoms with Gasteiger partial charge in [-0.25, -0.2) is 4.85 Å². The molecule has 7 rings (SSSR count). The Morgan fingerprint density at radius 2 is 1.12 bits per heavy atom. The highest BCUT2D eigenvalue weighted by atomic mass is 16.2. The van der Waals surface area contributed by atoms with Crippen LogP contribution in [-0.2, 0) is 37.3 Å². The molecule has 0 spiro atoms. The van der Waals surface area contributed by atoms with Crippen molar-refractivity contribution in [3.8, 4) is 22.5 Å². The van der Waals surface area contributed by atoms with Crippen LogP contribution in [0.1, 0.15) is 34.7 Å². The molecule has 4 aromatic carbocycles. The lowest BCUT2D eigenvalue weighted by Gasteiger charge is -2.21. The van der Waals surface area contributed by atoms with Crippen LogP contribution in [0.4, 0.5) is 5.69 Å². The highest BCUT2D eigenvalue weighted by molar-refractivity contribution is 5.81. The Hall–Kier alpha value is -6.26. The molecule has 2 aromatic heterocycles. The van der Waals surface area contributed by atoms with Crippen molar-refractivity contribution in [2.75, 3.05) is 0 Å². The standard InChI is InChI=1S/C21H18N2O2.C21H18N2O/c24-20-12-17-11-19(16-9-5-2-6-10-16)23(21(25)18(17)13-22-20)14-15-7-3-1-4-8-15;1-3-17-14-19(18-12-8-5-9-13-18)23(21(24)20(17)22-2)15-16-10-6-4-7-11-16/h1-11H,12-14H2,(H,22,24);4-14H,3,15H2,1H3. The van der Waals surface area contributed by atoms with Crippen molar-refractivity contribution < 1.29 is 4.79 Å². The van der Waals surface area contributed by atoms with E-state index in [-0.39, 0.29) is 29.1 Å². The van der Waals surface area contributed by atoms with E-state index >= 15 is 0 Å². The van der Waals surface area contributed by atoms with E-state index in [4.69, 9.17) is 6.57 Å². The normalized spacial score (nSPS) is 11.8. The Labute approximate surface area is 285 Å². The van der Waals surface area contributed by atoms with E-state index in [9.17, 15) is 14.4 Å². The molecule has 242 valence electrons.